The second-order valence-electron chi connectivity index (χ2n) is 8.20. The van der Waals surface area contributed by atoms with Gasteiger partial charge in [0.15, 0.2) is 0 Å². The van der Waals surface area contributed by atoms with Crippen molar-refractivity contribution in [2.75, 3.05) is 26.2 Å². The van der Waals surface area contributed by atoms with Gasteiger partial charge in [-0.25, -0.2) is 13.2 Å². The molecule has 1 fully saturated rings. The highest BCUT2D eigenvalue weighted by Gasteiger charge is 2.29. The van der Waals surface area contributed by atoms with Crippen LogP contribution in [-0.2, 0) is 23.0 Å². The third kappa shape index (κ3) is 4.44. The smallest absolute Gasteiger partial charge is 0.336 e. The predicted octanol–water partition coefficient (Wildman–Crippen LogP) is 3.48. The van der Waals surface area contributed by atoms with Crippen molar-refractivity contribution in [1.82, 2.24) is 9.21 Å². The number of aryl methyl sites for hydroxylation is 3. The maximum absolute atomic E-state index is 13.0. The molecule has 0 aliphatic carbocycles. The highest BCUT2D eigenvalue weighted by Crippen LogP contribution is 2.23. The zero-order valence-corrected chi connectivity index (χ0v) is 19.0. The van der Waals surface area contributed by atoms with E-state index in [4.69, 9.17) is 4.42 Å². The molecule has 0 spiro atoms. The molecule has 1 aromatic heterocycles. The third-order valence-electron chi connectivity index (χ3n) is 6.14. The highest BCUT2D eigenvalue weighted by molar-refractivity contribution is 7.89. The van der Waals surface area contributed by atoms with Gasteiger partial charge in [-0.3, -0.25) is 4.90 Å². The molecule has 2 heterocycles. The van der Waals surface area contributed by atoms with Gasteiger partial charge in [-0.2, -0.15) is 4.31 Å². The molecule has 3 aromatic rings. The fourth-order valence-corrected chi connectivity index (χ4v) is 5.53. The van der Waals surface area contributed by atoms with E-state index in [1.807, 2.05) is 32.0 Å². The average molecular weight is 441 g/mol. The fourth-order valence-electron chi connectivity index (χ4n) is 4.02. The number of piperazine rings is 1. The number of nitrogens with zero attached hydrogens (tertiary/aromatic N) is 2. The number of hydrogen-bond acceptors (Lipinski definition) is 5. The first-order chi connectivity index (χ1) is 14.8. The largest absolute Gasteiger partial charge is 0.423 e. The molecule has 164 valence electrons. The molecule has 1 saturated heterocycles. The summed E-state index contributed by atoms with van der Waals surface area (Å²) in [5.74, 6) is 0. The fraction of sp³-hybridized carbons (Fsp3) is 0.375. The number of hydrogen-bond donors (Lipinski definition) is 0. The average Bonchev–Trinajstić information content (AvgIpc) is 2.75. The molecule has 0 radical (unpaired) electrons. The Kier molecular flexibility index (Phi) is 6.01. The van der Waals surface area contributed by atoms with Crippen LogP contribution in [0, 0.1) is 13.8 Å². The topological polar surface area (TPSA) is 70.8 Å². The molecule has 1 aliphatic rings. The van der Waals surface area contributed by atoms with Gasteiger partial charge in [-0.05, 0) is 60.7 Å². The Morgan fingerprint density at radius 2 is 1.68 bits per heavy atom. The lowest BCUT2D eigenvalue weighted by molar-refractivity contribution is 0.182. The van der Waals surface area contributed by atoms with Gasteiger partial charge in [0.25, 0.3) is 0 Å². The summed E-state index contributed by atoms with van der Waals surface area (Å²) < 4.78 is 33.1. The lowest BCUT2D eigenvalue weighted by Crippen LogP contribution is -2.48. The Labute approximate surface area is 183 Å². The molecule has 0 unspecified atom stereocenters. The van der Waals surface area contributed by atoms with Gasteiger partial charge in [-0.15, -0.1) is 0 Å². The van der Waals surface area contributed by atoms with Crippen molar-refractivity contribution in [3.63, 3.8) is 0 Å². The molecule has 2 aromatic carbocycles. The van der Waals surface area contributed by atoms with Gasteiger partial charge < -0.3 is 4.42 Å². The number of sulfonamides is 1. The Hall–Kier alpha value is -2.48. The normalized spacial score (nSPS) is 16.1. The number of fused-ring (bicyclic) bond motifs is 1. The molecular weight excluding hydrogens is 412 g/mol. The highest BCUT2D eigenvalue weighted by atomic mass is 32.2. The van der Waals surface area contributed by atoms with E-state index in [9.17, 15) is 13.2 Å². The monoisotopic (exact) mass is 440 g/mol. The quantitative estimate of drug-likeness (QED) is 0.568. The maximum atomic E-state index is 13.0. The van der Waals surface area contributed by atoms with Crippen molar-refractivity contribution in [3.8, 4) is 0 Å². The zero-order valence-electron chi connectivity index (χ0n) is 18.2. The second-order valence-corrected chi connectivity index (χ2v) is 10.1. The van der Waals surface area contributed by atoms with E-state index in [2.05, 4.69) is 17.9 Å². The first kappa shape index (κ1) is 21.7. The van der Waals surface area contributed by atoms with E-state index in [1.54, 1.807) is 22.5 Å². The van der Waals surface area contributed by atoms with E-state index in [1.165, 1.54) is 0 Å². The van der Waals surface area contributed by atoms with Crippen LogP contribution in [0.2, 0.25) is 0 Å². The lowest BCUT2D eigenvalue weighted by Gasteiger charge is -2.34. The van der Waals surface area contributed by atoms with E-state index >= 15 is 0 Å². The van der Waals surface area contributed by atoms with Crippen molar-refractivity contribution < 1.29 is 12.8 Å². The Morgan fingerprint density at radius 1 is 0.935 bits per heavy atom. The molecule has 0 saturated carbocycles. The number of rotatable bonds is 5. The maximum Gasteiger partial charge on any atom is 0.336 e. The zero-order chi connectivity index (χ0) is 22.2. The van der Waals surface area contributed by atoms with Crippen molar-refractivity contribution in [3.05, 3.63) is 75.1 Å². The van der Waals surface area contributed by atoms with Gasteiger partial charge in [0.05, 0.1) is 4.90 Å². The van der Waals surface area contributed by atoms with Crippen LogP contribution >= 0.6 is 0 Å². The minimum absolute atomic E-state index is 0.349. The molecule has 0 N–H and O–H groups in total. The molecule has 4 rings (SSSR count). The summed E-state index contributed by atoms with van der Waals surface area (Å²) in [6.07, 6.45) is 0.876. The van der Waals surface area contributed by atoms with Crippen LogP contribution in [0.25, 0.3) is 11.0 Å². The molecule has 7 heteroatoms. The molecule has 0 bridgehead atoms. The first-order valence-electron chi connectivity index (χ1n) is 10.6. The summed E-state index contributed by atoms with van der Waals surface area (Å²) in [4.78, 5) is 14.6. The summed E-state index contributed by atoms with van der Waals surface area (Å²) in [5, 5.41) is 0.932. The van der Waals surface area contributed by atoms with Crippen LogP contribution in [0.1, 0.15) is 29.2 Å². The number of benzene rings is 2. The van der Waals surface area contributed by atoms with Crippen molar-refractivity contribution >= 4 is 21.0 Å². The van der Waals surface area contributed by atoms with Crippen LogP contribution in [0.4, 0.5) is 0 Å². The summed E-state index contributed by atoms with van der Waals surface area (Å²) in [7, 11) is -3.51. The van der Waals surface area contributed by atoms with Gasteiger partial charge >= 0.3 is 5.63 Å². The molecule has 6 nitrogen and oxygen atoms in total. The van der Waals surface area contributed by atoms with Crippen molar-refractivity contribution in [2.45, 2.75) is 38.6 Å². The van der Waals surface area contributed by atoms with E-state index in [-0.39, 0.29) is 5.63 Å². The van der Waals surface area contributed by atoms with E-state index in [0.717, 1.165) is 34.1 Å². The van der Waals surface area contributed by atoms with Crippen LogP contribution < -0.4 is 5.63 Å². The van der Waals surface area contributed by atoms with Crippen LogP contribution in [-0.4, -0.2) is 43.8 Å². The SMILES string of the molecule is CCc1ccc2c(CN3CCN(S(=O)(=O)c4ccc(C)c(C)c4)CC3)cc(=O)oc2c1. The third-order valence-corrected chi connectivity index (χ3v) is 8.04. The van der Waals surface area contributed by atoms with Gasteiger partial charge in [-0.1, -0.05) is 25.1 Å². The molecular formula is C24H28N2O4S. The Morgan fingerprint density at radius 3 is 2.35 bits per heavy atom. The van der Waals surface area contributed by atoms with Gasteiger partial charge in [0, 0.05) is 44.2 Å². The molecule has 0 atom stereocenters. The van der Waals surface area contributed by atoms with Crippen LogP contribution in [0.15, 0.2) is 56.6 Å². The van der Waals surface area contributed by atoms with Crippen LogP contribution in [0.3, 0.4) is 0 Å². The molecule has 31 heavy (non-hydrogen) atoms. The first-order valence-corrected chi connectivity index (χ1v) is 12.1. The second kappa shape index (κ2) is 8.57. The summed E-state index contributed by atoms with van der Waals surface area (Å²) >= 11 is 0. The minimum atomic E-state index is -3.51. The van der Waals surface area contributed by atoms with E-state index in [0.29, 0.717) is 43.2 Å². The summed E-state index contributed by atoms with van der Waals surface area (Å²) in [5.41, 5.74) is 4.34. The van der Waals surface area contributed by atoms with Crippen molar-refractivity contribution in [2.24, 2.45) is 0 Å². The predicted molar refractivity (Wildman–Crippen MR) is 122 cm³/mol. The van der Waals surface area contributed by atoms with Crippen molar-refractivity contribution in [1.29, 1.82) is 0 Å². The molecule has 0 amide bonds. The molecule has 1 aliphatic heterocycles. The minimum Gasteiger partial charge on any atom is -0.423 e. The summed E-state index contributed by atoms with van der Waals surface area (Å²) in [6, 6.07) is 12.8. The van der Waals surface area contributed by atoms with Gasteiger partial charge in [0.1, 0.15) is 5.58 Å². The van der Waals surface area contributed by atoms with E-state index < -0.39 is 10.0 Å². The Bertz CT molecular complexity index is 1270. The Balaban J connectivity index is 1.49. The summed E-state index contributed by atoms with van der Waals surface area (Å²) in [6.45, 7) is 8.62. The lowest BCUT2D eigenvalue weighted by atomic mass is 10.1. The van der Waals surface area contributed by atoms with Gasteiger partial charge in [0.2, 0.25) is 10.0 Å². The standard InChI is InChI=1S/C24H28N2O4S/c1-4-19-6-8-22-20(15-24(27)30-23(22)14-19)16-25-9-11-26(12-10-25)31(28,29)21-7-5-17(2)18(3)13-21/h5-8,13-15H,4,9-12,16H2,1-3H3. The van der Waals surface area contributed by atoms with Crippen LogP contribution in [0.5, 0.6) is 0 Å².